The number of anilines is 3. The van der Waals surface area contributed by atoms with Crippen molar-refractivity contribution >= 4 is 71.6 Å². The zero-order valence-corrected chi connectivity index (χ0v) is 29.9. The van der Waals surface area contributed by atoms with Gasteiger partial charge in [-0.05, 0) is 88.3 Å². The zero-order chi connectivity index (χ0) is 36.3. The fourth-order valence-corrected chi connectivity index (χ4v) is 8.39. The number of aromatic nitrogens is 1. The first-order valence-corrected chi connectivity index (χ1v) is 18.8. The van der Waals surface area contributed by atoms with Crippen LogP contribution in [0, 0.1) is 0 Å². The second-order valence-electron chi connectivity index (χ2n) is 14.1. The maximum atomic E-state index is 6.58. The monoisotopic (exact) mass is 702 g/mol. The van der Waals surface area contributed by atoms with Crippen LogP contribution in [0.1, 0.15) is 0 Å². The number of nitrogens with zero attached hydrogens (tertiary/aromatic N) is 2. The summed E-state index contributed by atoms with van der Waals surface area (Å²) < 4.78 is 9.00. The van der Waals surface area contributed by atoms with Crippen molar-refractivity contribution in [2.75, 3.05) is 4.90 Å². The van der Waals surface area contributed by atoms with Gasteiger partial charge in [-0.3, -0.25) is 0 Å². The van der Waals surface area contributed by atoms with E-state index in [9.17, 15) is 0 Å². The molecule has 0 aliphatic rings. The third-order valence-corrected chi connectivity index (χ3v) is 11.0. The normalized spacial score (nSPS) is 11.6. The summed E-state index contributed by atoms with van der Waals surface area (Å²) in [7, 11) is 0. The molecule has 11 rings (SSSR count). The summed E-state index contributed by atoms with van der Waals surface area (Å²) in [5.41, 5.74) is 13.2. The van der Waals surface area contributed by atoms with Crippen LogP contribution in [0.15, 0.2) is 211 Å². The van der Waals surface area contributed by atoms with Crippen molar-refractivity contribution in [1.29, 1.82) is 0 Å². The Hall–Kier alpha value is -7.36. The molecule has 0 saturated carbocycles. The van der Waals surface area contributed by atoms with E-state index in [0.29, 0.717) is 0 Å². The highest BCUT2D eigenvalue weighted by atomic mass is 16.3. The molecular formula is C52H34N2O. The lowest BCUT2D eigenvalue weighted by molar-refractivity contribution is 0.669. The van der Waals surface area contributed by atoms with Crippen LogP contribution in [0.25, 0.3) is 82.5 Å². The van der Waals surface area contributed by atoms with Gasteiger partial charge in [0.2, 0.25) is 0 Å². The highest BCUT2D eigenvalue weighted by molar-refractivity contribution is 6.12. The number of rotatable bonds is 6. The summed E-state index contributed by atoms with van der Waals surface area (Å²) in [6.45, 7) is 0. The van der Waals surface area contributed by atoms with Crippen LogP contribution in [0.4, 0.5) is 17.1 Å². The first-order chi connectivity index (χ1) is 27.3. The van der Waals surface area contributed by atoms with Gasteiger partial charge in [0.15, 0.2) is 5.58 Å². The smallest absolute Gasteiger partial charge is 0.159 e. The van der Waals surface area contributed by atoms with E-state index in [4.69, 9.17) is 4.42 Å². The Labute approximate surface area is 318 Å². The Morgan fingerprint density at radius 2 is 0.927 bits per heavy atom. The van der Waals surface area contributed by atoms with Gasteiger partial charge in [-0.2, -0.15) is 0 Å². The number of hydrogen-bond donors (Lipinski definition) is 0. The zero-order valence-electron chi connectivity index (χ0n) is 29.9. The molecule has 0 radical (unpaired) electrons. The van der Waals surface area contributed by atoms with E-state index in [2.05, 4.69) is 204 Å². The van der Waals surface area contributed by atoms with Crippen molar-refractivity contribution in [2.24, 2.45) is 0 Å². The van der Waals surface area contributed by atoms with E-state index < -0.39 is 0 Å². The quantitative estimate of drug-likeness (QED) is 0.172. The highest BCUT2D eigenvalue weighted by Gasteiger charge is 2.20. The van der Waals surface area contributed by atoms with E-state index in [0.717, 1.165) is 44.6 Å². The lowest BCUT2D eigenvalue weighted by Gasteiger charge is -2.26. The lowest BCUT2D eigenvalue weighted by atomic mass is 10.0. The number of furan rings is 1. The largest absolute Gasteiger partial charge is 0.454 e. The summed E-state index contributed by atoms with van der Waals surface area (Å²) in [4.78, 5) is 2.31. The van der Waals surface area contributed by atoms with Crippen LogP contribution in [0.3, 0.4) is 0 Å². The van der Waals surface area contributed by atoms with E-state index in [1.54, 1.807) is 0 Å². The third-order valence-electron chi connectivity index (χ3n) is 11.0. The molecule has 3 nitrogen and oxygen atoms in total. The Morgan fingerprint density at radius 3 is 1.73 bits per heavy atom. The number of hydrogen-bond acceptors (Lipinski definition) is 2. The molecule has 0 atom stereocenters. The summed E-state index contributed by atoms with van der Waals surface area (Å²) in [5.74, 6) is 0. The summed E-state index contributed by atoms with van der Waals surface area (Å²) in [6.07, 6.45) is 0. The van der Waals surface area contributed by atoms with Crippen LogP contribution >= 0.6 is 0 Å². The molecule has 0 fully saturated rings. The Kier molecular flexibility index (Phi) is 7.17. The molecule has 2 heterocycles. The Bertz CT molecular complexity index is 3180. The van der Waals surface area contributed by atoms with E-state index in [-0.39, 0.29) is 0 Å². The number of para-hydroxylation sites is 3. The first-order valence-electron chi connectivity index (χ1n) is 18.8. The second kappa shape index (κ2) is 12.6. The molecule has 9 aromatic carbocycles. The molecular weight excluding hydrogens is 669 g/mol. The van der Waals surface area contributed by atoms with Crippen molar-refractivity contribution < 1.29 is 4.42 Å². The SMILES string of the molecule is c1ccc(-c2ccc(N(c3ccc(-c4ccc5c(c4)c4ccccc4n5-c4cccc5ccccc45)cc3)c3cccc4c3oc3ccccc34)cc2)cc1. The van der Waals surface area contributed by atoms with Crippen molar-refractivity contribution in [3.05, 3.63) is 206 Å². The molecule has 3 heteroatoms. The lowest BCUT2D eigenvalue weighted by Crippen LogP contribution is -2.10. The van der Waals surface area contributed by atoms with Gasteiger partial charge >= 0.3 is 0 Å². The van der Waals surface area contributed by atoms with Crippen LogP contribution in [-0.4, -0.2) is 4.57 Å². The Morgan fingerprint density at radius 1 is 0.364 bits per heavy atom. The van der Waals surface area contributed by atoms with Gasteiger partial charge in [0, 0.05) is 38.3 Å². The molecule has 0 N–H and O–H groups in total. The first kappa shape index (κ1) is 31.2. The maximum absolute atomic E-state index is 6.58. The molecule has 0 saturated heterocycles. The van der Waals surface area contributed by atoms with Crippen LogP contribution < -0.4 is 4.90 Å². The standard InChI is InChI=1S/C52H34N2O/c1-2-12-35(13-3-1)36-24-29-40(30-25-36)53(50-22-11-19-45-44-18-7-9-23-51(44)55-52(45)50)41-31-26-37(27-32-41)39-28-33-49-46(34-39)43-17-6-8-20-48(43)54(49)47-21-10-15-38-14-4-5-16-42(38)47/h1-34H. The fraction of sp³-hybridized carbons (Fsp3) is 0. The number of fused-ring (bicyclic) bond motifs is 7. The molecule has 0 spiro atoms. The van der Waals surface area contributed by atoms with Gasteiger partial charge in [0.25, 0.3) is 0 Å². The highest BCUT2D eigenvalue weighted by Crippen LogP contribution is 2.43. The molecule has 0 unspecified atom stereocenters. The van der Waals surface area contributed by atoms with Gasteiger partial charge in [-0.25, -0.2) is 0 Å². The molecule has 258 valence electrons. The molecule has 11 aromatic rings. The molecule has 2 aromatic heterocycles. The van der Waals surface area contributed by atoms with E-state index in [1.165, 1.54) is 55.0 Å². The predicted octanol–water partition coefficient (Wildman–Crippen LogP) is 14.6. The van der Waals surface area contributed by atoms with Crippen LogP contribution in [-0.2, 0) is 0 Å². The number of benzene rings is 9. The van der Waals surface area contributed by atoms with Crippen LogP contribution in [0.5, 0.6) is 0 Å². The molecule has 55 heavy (non-hydrogen) atoms. The van der Waals surface area contributed by atoms with Gasteiger partial charge < -0.3 is 13.9 Å². The van der Waals surface area contributed by atoms with Gasteiger partial charge in [0.1, 0.15) is 5.58 Å². The molecule has 0 aliphatic heterocycles. The average Bonchev–Trinajstić information content (AvgIpc) is 3.80. The molecule has 0 amide bonds. The average molecular weight is 703 g/mol. The second-order valence-corrected chi connectivity index (χ2v) is 14.1. The third kappa shape index (κ3) is 5.13. The van der Waals surface area contributed by atoms with Crippen molar-refractivity contribution in [2.45, 2.75) is 0 Å². The molecule has 0 aliphatic carbocycles. The minimum atomic E-state index is 0.868. The van der Waals surface area contributed by atoms with Crippen molar-refractivity contribution in [3.8, 4) is 27.9 Å². The van der Waals surface area contributed by atoms with Crippen molar-refractivity contribution in [1.82, 2.24) is 4.57 Å². The maximum Gasteiger partial charge on any atom is 0.159 e. The summed E-state index contributed by atoms with van der Waals surface area (Å²) in [5, 5.41) is 7.18. The van der Waals surface area contributed by atoms with Gasteiger partial charge in [0.05, 0.1) is 22.4 Å². The van der Waals surface area contributed by atoms with Gasteiger partial charge in [-0.1, -0.05) is 146 Å². The van der Waals surface area contributed by atoms with E-state index >= 15 is 0 Å². The van der Waals surface area contributed by atoms with Crippen molar-refractivity contribution in [3.63, 3.8) is 0 Å². The molecule has 0 bridgehead atoms. The van der Waals surface area contributed by atoms with E-state index in [1.807, 2.05) is 12.1 Å². The Balaban J connectivity index is 1.03. The fourth-order valence-electron chi connectivity index (χ4n) is 8.39. The van der Waals surface area contributed by atoms with Crippen LogP contribution in [0.2, 0.25) is 0 Å². The predicted molar refractivity (Wildman–Crippen MR) is 231 cm³/mol. The topological polar surface area (TPSA) is 21.3 Å². The minimum Gasteiger partial charge on any atom is -0.454 e. The summed E-state index contributed by atoms with van der Waals surface area (Å²) >= 11 is 0. The van der Waals surface area contributed by atoms with Gasteiger partial charge in [-0.15, -0.1) is 0 Å². The minimum absolute atomic E-state index is 0.868. The summed E-state index contributed by atoms with van der Waals surface area (Å²) in [6, 6.07) is 73.8.